The topological polar surface area (TPSA) is 97.9 Å². The van der Waals surface area contributed by atoms with Crippen LogP contribution in [0.3, 0.4) is 0 Å². The summed E-state index contributed by atoms with van der Waals surface area (Å²) in [6, 6.07) is 7.95. The first-order valence-corrected chi connectivity index (χ1v) is 12.1. The molecule has 4 rings (SSSR count). The lowest BCUT2D eigenvalue weighted by molar-refractivity contribution is -0.138. The Morgan fingerprint density at radius 1 is 1.26 bits per heavy atom. The summed E-state index contributed by atoms with van der Waals surface area (Å²) in [5, 5.41) is 9.73. The van der Waals surface area contributed by atoms with Gasteiger partial charge in [0.2, 0.25) is 0 Å². The first kappa shape index (κ1) is 26.3. The van der Waals surface area contributed by atoms with E-state index in [1.165, 1.54) is 0 Å². The van der Waals surface area contributed by atoms with Crippen molar-refractivity contribution < 1.29 is 23.8 Å². The maximum absolute atomic E-state index is 10.6. The van der Waals surface area contributed by atoms with Crippen LogP contribution >= 0.6 is 0 Å². The second-order valence-electron chi connectivity index (χ2n) is 9.63. The Bertz CT molecular complexity index is 1170. The van der Waals surface area contributed by atoms with Crippen molar-refractivity contribution in [2.45, 2.75) is 71.5 Å². The van der Waals surface area contributed by atoms with Gasteiger partial charge in [0.05, 0.1) is 19.1 Å². The number of fused-ring (bicyclic) bond motifs is 3. The molecule has 3 heterocycles. The predicted molar refractivity (Wildman–Crippen MR) is 136 cm³/mol. The zero-order valence-corrected chi connectivity index (χ0v) is 21.0. The smallest absolute Gasteiger partial charge is 0.305 e. The van der Waals surface area contributed by atoms with Crippen molar-refractivity contribution in [2.75, 3.05) is 24.6 Å². The third-order valence-corrected chi connectivity index (χ3v) is 5.51. The highest BCUT2D eigenvalue weighted by atomic mass is 16.5. The van der Waals surface area contributed by atoms with Gasteiger partial charge in [-0.15, -0.1) is 0 Å². The number of nitrogens with zero attached hydrogens (tertiary/aromatic N) is 3. The average Bonchev–Trinajstić information content (AvgIpc) is 3.45. The van der Waals surface area contributed by atoms with Crippen LogP contribution in [-0.2, 0) is 20.7 Å². The fourth-order valence-corrected chi connectivity index (χ4v) is 3.82. The van der Waals surface area contributed by atoms with Crippen LogP contribution < -0.4 is 4.90 Å². The molecule has 0 bridgehead atoms. The molecule has 1 atom stereocenters. The van der Waals surface area contributed by atoms with E-state index in [1.54, 1.807) is 0 Å². The van der Waals surface area contributed by atoms with E-state index in [1.807, 2.05) is 52.0 Å². The van der Waals surface area contributed by atoms with Crippen molar-refractivity contribution in [3.63, 3.8) is 0 Å². The standard InChI is InChI=1S/C21H25N3O4.C6H10O/c1-14(27-13-10-18(25)26)8-9-17-22-19-15-6-2-3-7-16(15)28-20(19)21(23-17)24-11-4-5-12-24;1-5-7-6(2,3)4/h2-3,6-7,14H,4-5,8-13H2,1H3,(H,25,26);1H,2-4H3. The number of carbonyl (C=O) groups is 1. The summed E-state index contributed by atoms with van der Waals surface area (Å²) in [7, 11) is 0. The molecule has 188 valence electrons. The third kappa shape index (κ3) is 7.59. The first-order chi connectivity index (χ1) is 16.7. The molecule has 0 aliphatic carbocycles. The fourth-order valence-electron chi connectivity index (χ4n) is 3.82. The van der Waals surface area contributed by atoms with Crippen LogP contribution in [0.2, 0.25) is 0 Å². The summed E-state index contributed by atoms with van der Waals surface area (Å²) in [4.78, 5) is 22.5. The molecule has 1 aliphatic rings. The van der Waals surface area contributed by atoms with Gasteiger partial charge >= 0.3 is 5.97 Å². The van der Waals surface area contributed by atoms with Gasteiger partial charge in [-0.25, -0.2) is 9.97 Å². The van der Waals surface area contributed by atoms with Crippen LogP contribution in [-0.4, -0.2) is 52.4 Å². The number of aryl methyl sites for hydroxylation is 1. The lowest BCUT2D eigenvalue weighted by Gasteiger charge is -2.17. The van der Waals surface area contributed by atoms with E-state index in [-0.39, 0.29) is 24.7 Å². The zero-order chi connectivity index (χ0) is 25.4. The van der Waals surface area contributed by atoms with Gasteiger partial charge in [-0.3, -0.25) is 4.79 Å². The molecule has 1 aliphatic heterocycles. The molecule has 0 amide bonds. The molecular weight excluding hydrogens is 446 g/mol. The first-order valence-electron chi connectivity index (χ1n) is 12.1. The van der Waals surface area contributed by atoms with E-state index in [2.05, 4.69) is 11.0 Å². The number of aromatic nitrogens is 2. The van der Waals surface area contributed by atoms with Crippen LogP contribution in [0.25, 0.3) is 22.1 Å². The predicted octanol–water partition coefficient (Wildman–Crippen LogP) is 5.18. The molecule has 0 radical (unpaired) electrons. The normalized spacial score (nSPS) is 14.4. The summed E-state index contributed by atoms with van der Waals surface area (Å²) >= 11 is 0. The van der Waals surface area contributed by atoms with Crippen molar-refractivity contribution in [1.82, 2.24) is 9.97 Å². The molecule has 1 N–H and O–H groups in total. The number of para-hydroxylation sites is 1. The Morgan fingerprint density at radius 3 is 2.60 bits per heavy atom. The minimum Gasteiger partial charge on any atom is -0.481 e. The van der Waals surface area contributed by atoms with Crippen molar-refractivity contribution in [1.29, 1.82) is 0 Å². The second kappa shape index (κ2) is 11.9. The number of carboxylic acids is 1. The van der Waals surface area contributed by atoms with Gasteiger partial charge in [0, 0.05) is 24.9 Å². The third-order valence-electron chi connectivity index (χ3n) is 5.51. The monoisotopic (exact) mass is 481 g/mol. The van der Waals surface area contributed by atoms with E-state index in [0.717, 1.165) is 66.1 Å². The number of hydrogen-bond acceptors (Lipinski definition) is 7. The lowest BCUT2D eigenvalue weighted by Crippen LogP contribution is -2.20. The van der Waals surface area contributed by atoms with Crippen LogP contribution in [0.5, 0.6) is 0 Å². The molecule has 0 spiro atoms. The van der Waals surface area contributed by atoms with E-state index in [0.29, 0.717) is 6.42 Å². The summed E-state index contributed by atoms with van der Waals surface area (Å²) < 4.78 is 16.4. The van der Waals surface area contributed by atoms with Crippen LogP contribution in [0.1, 0.15) is 59.2 Å². The maximum atomic E-state index is 10.6. The quantitative estimate of drug-likeness (QED) is 0.440. The Labute approximate surface area is 206 Å². The van der Waals surface area contributed by atoms with Crippen molar-refractivity contribution in [3.8, 4) is 12.5 Å². The number of terminal acetylenes is 1. The molecule has 35 heavy (non-hydrogen) atoms. The minimum atomic E-state index is -0.844. The lowest BCUT2D eigenvalue weighted by atomic mass is 10.2. The van der Waals surface area contributed by atoms with E-state index >= 15 is 0 Å². The van der Waals surface area contributed by atoms with Gasteiger partial charge in [0.1, 0.15) is 28.6 Å². The number of aliphatic carboxylic acids is 1. The molecule has 1 fully saturated rings. The van der Waals surface area contributed by atoms with Crippen molar-refractivity contribution >= 4 is 33.9 Å². The number of hydrogen-bond donors (Lipinski definition) is 1. The summed E-state index contributed by atoms with van der Waals surface area (Å²) in [6.07, 6.45) is 10.7. The molecule has 1 saturated heterocycles. The van der Waals surface area contributed by atoms with Gasteiger partial charge in [0.25, 0.3) is 0 Å². The van der Waals surface area contributed by atoms with Crippen LogP contribution in [0, 0.1) is 12.5 Å². The highest BCUT2D eigenvalue weighted by Crippen LogP contribution is 2.34. The molecule has 3 aromatic rings. The SMILES string of the molecule is C#COC(C)(C)C.CC(CCc1nc(N2CCCC2)c2oc3ccccc3c2n1)OCCC(=O)O. The number of carboxylic acid groups (broad SMARTS) is 1. The van der Waals surface area contributed by atoms with E-state index in [4.69, 9.17) is 35.4 Å². The van der Waals surface area contributed by atoms with E-state index < -0.39 is 5.97 Å². The van der Waals surface area contributed by atoms with Crippen LogP contribution in [0.15, 0.2) is 28.7 Å². The Kier molecular flexibility index (Phi) is 8.94. The number of ether oxygens (including phenoxy) is 2. The molecule has 1 unspecified atom stereocenters. The molecule has 8 heteroatoms. The fraction of sp³-hybridized carbons (Fsp3) is 0.519. The maximum Gasteiger partial charge on any atom is 0.305 e. The van der Waals surface area contributed by atoms with Crippen molar-refractivity contribution in [3.05, 3.63) is 30.1 Å². The average molecular weight is 482 g/mol. The summed E-state index contributed by atoms with van der Waals surface area (Å²) in [6.45, 7) is 9.87. The van der Waals surface area contributed by atoms with Gasteiger partial charge in [-0.1, -0.05) is 18.6 Å². The Balaban J connectivity index is 0.000000429. The molecule has 1 aromatic carbocycles. The Morgan fingerprint density at radius 2 is 1.97 bits per heavy atom. The second-order valence-corrected chi connectivity index (χ2v) is 9.63. The largest absolute Gasteiger partial charge is 0.481 e. The highest BCUT2D eigenvalue weighted by molar-refractivity contribution is 6.05. The summed E-state index contributed by atoms with van der Waals surface area (Å²) in [5.74, 6) is 0.811. The zero-order valence-electron chi connectivity index (χ0n) is 21.0. The molecule has 0 saturated carbocycles. The Hall–Kier alpha value is -3.31. The van der Waals surface area contributed by atoms with Crippen LogP contribution in [0.4, 0.5) is 5.82 Å². The van der Waals surface area contributed by atoms with Crippen molar-refractivity contribution in [2.24, 2.45) is 0 Å². The van der Waals surface area contributed by atoms with Gasteiger partial charge in [-0.05, 0) is 59.1 Å². The number of furan rings is 1. The van der Waals surface area contributed by atoms with Gasteiger partial charge in [-0.2, -0.15) is 0 Å². The van der Waals surface area contributed by atoms with Gasteiger partial charge in [0.15, 0.2) is 11.4 Å². The van der Waals surface area contributed by atoms with E-state index in [9.17, 15) is 4.79 Å². The molecule has 2 aromatic heterocycles. The number of anilines is 1. The molecule has 8 nitrogen and oxygen atoms in total. The summed E-state index contributed by atoms with van der Waals surface area (Å²) in [5.41, 5.74) is 2.27. The minimum absolute atomic E-state index is 0.0208. The number of benzene rings is 1. The number of rotatable bonds is 8. The van der Waals surface area contributed by atoms with Gasteiger partial charge < -0.3 is 23.9 Å². The highest BCUT2D eigenvalue weighted by Gasteiger charge is 2.22. The molecular formula is C27H35N3O5.